The SMILES string of the molecule is CCC(C)C(NC(=O)OC)C(=O)N1C[C@@H](COC)C[C@H]1c1nc2ccc3cc4c(cc3c2[nH]1)OCc1cc(-c2cnc([C@@H]3CC[C@H](C)N3C(=O)C(NC(=O)O)C(C)CC)[nH]2)ccc1-4. The number of carboxylic acid groups (broad SMARTS) is 1. The maximum atomic E-state index is 14.2. The van der Waals surface area contributed by atoms with Crippen LogP contribution in [0.1, 0.15) is 96.0 Å². The molecule has 3 aliphatic heterocycles. The summed E-state index contributed by atoms with van der Waals surface area (Å²) in [6.45, 7) is 11.1. The average molecular weight is 863 g/mol. The Kier molecular flexibility index (Phi) is 12.4. The number of hydrogen-bond acceptors (Lipinski definition) is 9. The molecule has 0 bridgehead atoms. The predicted molar refractivity (Wildman–Crippen MR) is 237 cm³/mol. The van der Waals surface area contributed by atoms with E-state index in [1.54, 1.807) is 18.2 Å². The highest BCUT2D eigenvalue weighted by atomic mass is 16.5. The number of aromatic nitrogens is 4. The molecular formula is C47H58N8O8. The number of rotatable bonds is 13. The maximum Gasteiger partial charge on any atom is 0.407 e. The summed E-state index contributed by atoms with van der Waals surface area (Å²) >= 11 is 0. The summed E-state index contributed by atoms with van der Waals surface area (Å²) in [5.74, 6) is 1.52. The lowest BCUT2D eigenvalue weighted by molar-refractivity contribution is -0.137. The number of H-pyrrole nitrogens is 2. The molecule has 334 valence electrons. The Morgan fingerprint density at radius 2 is 1.68 bits per heavy atom. The second-order valence-electron chi connectivity index (χ2n) is 17.6. The minimum atomic E-state index is -1.21. The van der Waals surface area contributed by atoms with Gasteiger partial charge in [-0.1, -0.05) is 58.7 Å². The molecule has 16 nitrogen and oxygen atoms in total. The van der Waals surface area contributed by atoms with Gasteiger partial charge in [-0.05, 0) is 84.4 Å². The number of ether oxygens (including phenoxy) is 3. The van der Waals surface area contributed by atoms with Gasteiger partial charge in [0.1, 0.15) is 36.1 Å². The minimum Gasteiger partial charge on any atom is -0.488 e. The molecule has 0 aliphatic carbocycles. The zero-order valence-electron chi connectivity index (χ0n) is 37.0. The van der Waals surface area contributed by atoms with Gasteiger partial charge in [-0.25, -0.2) is 19.6 Å². The van der Waals surface area contributed by atoms with Crippen molar-refractivity contribution in [3.63, 3.8) is 0 Å². The first-order valence-electron chi connectivity index (χ1n) is 22.1. The van der Waals surface area contributed by atoms with E-state index in [0.29, 0.717) is 50.7 Å². The highest BCUT2D eigenvalue weighted by Gasteiger charge is 2.43. The largest absolute Gasteiger partial charge is 0.488 e. The molecule has 2 fully saturated rings. The molecule has 5 aromatic rings. The molecule has 3 aromatic carbocycles. The first kappa shape index (κ1) is 43.5. The van der Waals surface area contributed by atoms with Crippen LogP contribution < -0.4 is 15.4 Å². The van der Waals surface area contributed by atoms with E-state index in [9.17, 15) is 24.3 Å². The predicted octanol–water partition coefficient (Wildman–Crippen LogP) is 7.71. The first-order chi connectivity index (χ1) is 30.3. The highest BCUT2D eigenvalue weighted by Crippen LogP contribution is 2.44. The smallest absolute Gasteiger partial charge is 0.407 e. The summed E-state index contributed by atoms with van der Waals surface area (Å²) in [7, 11) is 2.96. The molecule has 2 aromatic heterocycles. The van der Waals surface area contributed by atoms with Crippen molar-refractivity contribution >= 4 is 45.8 Å². The summed E-state index contributed by atoms with van der Waals surface area (Å²) in [4.78, 5) is 72.5. The molecule has 0 spiro atoms. The molecular weight excluding hydrogens is 805 g/mol. The van der Waals surface area contributed by atoms with Gasteiger partial charge in [0.15, 0.2) is 0 Å². The topological polar surface area (TPSA) is 204 Å². The van der Waals surface area contributed by atoms with Crippen LogP contribution in [-0.2, 0) is 25.7 Å². The third-order valence-corrected chi connectivity index (χ3v) is 13.6. The van der Waals surface area contributed by atoms with Gasteiger partial charge in [0, 0.05) is 36.6 Å². The van der Waals surface area contributed by atoms with Crippen molar-refractivity contribution in [3.8, 4) is 28.1 Å². The number of hydrogen-bond donors (Lipinski definition) is 5. The van der Waals surface area contributed by atoms with Gasteiger partial charge >= 0.3 is 12.2 Å². The van der Waals surface area contributed by atoms with E-state index in [1.807, 2.05) is 45.6 Å². The Labute approximate surface area is 366 Å². The Morgan fingerprint density at radius 1 is 0.921 bits per heavy atom. The van der Waals surface area contributed by atoms with E-state index in [0.717, 1.165) is 68.3 Å². The quantitative estimate of drug-likeness (QED) is 0.0780. The number of fused-ring (bicyclic) bond motifs is 6. The van der Waals surface area contributed by atoms with Crippen molar-refractivity contribution in [1.82, 2.24) is 40.4 Å². The molecule has 4 unspecified atom stereocenters. The van der Waals surface area contributed by atoms with Crippen molar-refractivity contribution in [2.24, 2.45) is 17.8 Å². The lowest BCUT2D eigenvalue weighted by atomic mass is 9.92. The van der Waals surface area contributed by atoms with Gasteiger partial charge in [0.2, 0.25) is 11.8 Å². The second kappa shape index (κ2) is 17.9. The summed E-state index contributed by atoms with van der Waals surface area (Å²) in [6, 6.07) is 12.2. The Hall–Kier alpha value is -6.16. The number of likely N-dealkylation sites (tertiary alicyclic amines) is 2. The molecule has 5 heterocycles. The lowest BCUT2D eigenvalue weighted by Crippen LogP contribution is -2.52. The fraction of sp³-hybridized carbons (Fsp3) is 0.489. The normalized spacial score (nSPS) is 21.3. The monoisotopic (exact) mass is 862 g/mol. The molecule has 4 amide bonds. The number of nitrogens with one attached hydrogen (secondary N) is 4. The van der Waals surface area contributed by atoms with Crippen molar-refractivity contribution in [1.29, 1.82) is 0 Å². The minimum absolute atomic E-state index is 0.0607. The van der Waals surface area contributed by atoms with Crippen LogP contribution in [0.4, 0.5) is 9.59 Å². The standard InChI is InChI=1S/C47H58N8O8/c1-8-24(3)39(53-47(60)62-7)44(56)54-21-27(22-61-6)16-37(54)43-49-34-14-12-28-18-33-31-13-11-29(17-30(31)23-63-38(33)19-32(28)41(34)51-43)35-20-48-42(50-35)36-15-10-26(5)55(36)45(57)40(25(4)9-2)52-46(58)59/h11-14,17-20,24-27,36-37,39-40,52H,8-10,15-16,21-23H2,1-7H3,(H,48,50)(H,49,51)(H,53,60)(H,58,59)/t24?,25?,26-,27-,36-,37-,39?,40?/m0/s1. The van der Waals surface area contributed by atoms with Crippen LogP contribution in [0.15, 0.2) is 48.7 Å². The van der Waals surface area contributed by atoms with Crippen LogP contribution in [0.2, 0.25) is 0 Å². The highest BCUT2D eigenvalue weighted by molar-refractivity contribution is 6.07. The number of benzene rings is 3. The number of amides is 4. The number of nitrogens with zero attached hydrogens (tertiary/aromatic N) is 4. The lowest BCUT2D eigenvalue weighted by Gasteiger charge is -2.33. The van der Waals surface area contributed by atoms with Crippen molar-refractivity contribution in [2.45, 2.75) is 104 Å². The van der Waals surface area contributed by atoms with E-state index < -0.39 is 24.3 Å². The number of alkyl carbamates (subject to hydrolysis) is 1. The van der Waals surface area contributed by atoms with Crippen molar-refractivity contribution < 1.29 is 38.5 Å². The van der Waals surface area contributed by atoms with Gasteiger partial charge in [-0.3, -0.25) is 9.59 Å². The number of imidazole rings is 2. The first-order valence-corrected chi connectivity index (χ1v) is 22.1. The molecule has 3 aliphatic rings. The van der Waals surface area contributed by atoms with E-state index in [4.69, 9.17) is 24.2 Å². The molecule has 0 radical (unpaired) electrons. The van der Waals surface area contributed by atoms with E-state index in [2.05, 4.69) is 57.0 Å². The van der Waals surface area contributed by atoms with Gasteiger partial charge in [0.05, 0.1) is 48.7 Å². The zero-order valence-corrected chi connectivity index (χ0v) is 37.0. The van der Waals surface area contributed by atoms with Crippen LogP contribution in [0.25, 0.3) is 44.2 Å². The zero-order chi connectivity index (χ0) is 44.7. The Bertz CT molecular complexity index is 2530. The third-order valence-electron chi connectivity index (χ3n) is 13.6. The number of methoxy groups -OCH3 is 2. The van der Waals surface area contributed by atoms with Crippen LogP contribution in [0.5, 0.6) is 5.75 Å². The van der Waals surface area contributed by atoms with Crippen LogP contribution in [0.3, 0.4) is 0 Å². The molecule has 8 rings (SSSR count). The van der Waals surface area contributed by atoms with Crippen LogP contribution >= 0.6 is 0 Å². The number of carbonyl (C=O) groups excluding carboxylic acids is 3. The van der Waals surface area contributed by atoms with Gasteiger partial charge in [0.25, 0.3) is 0 Å². The summed E-state index contributed by atoms with van der Waals surface area (Å²) in [5.41, 5.74) is 6.44. The summed E-state index contributed by atoms with van der Waals surface area (Å²) in [5, 5.41) is 16.7. The molecule has 5 N–H and O–H groups in total. The number of carbonyl (C=O) groups is 4. The summed E-state index contributed by atoms with van der Waals surface area (Å²) < 4.78 is 16.8. The van der Waals surface area contributed by atoms with Gasteiger partial charge in [-0.15, -0.1) is 0 Å². The number of aromatic amines is 2. The van der Waals surface area contributed by atoms with E-state index in [-0.39, 0.29) is 47.7 Å². The van der Waals surface area contributed by atoms with Crippen LogP contribution in [-0.4, -0.2) is 104 Å². The third kappa shape index (κ3) is 8.28. The van der Waals surface area contributed by atoms with Crippen LogP contribution in [0, 0.1) is 17.8 Å². The Morgan fingerprint density at radius 3 is 2.40 bits per heavy atom. The molecule has 8 atom stereocenters. The van der Waals surface area contributed by atoms with E-state index in [1.165, 1.54) is 7.11 Å². The average Bonchev–Trinajstić information content (AvgIpc) is 4.11. The van der Waals surface area contributed by atoms with Gasteiger partial charge in [-0.2, -0.15) is 0 Å². The molecule has 2 saturated heterocycles. The maximum absolute atomic E-state index is 14.2. The van der Waals surface area contributed by atoms with Gasteiger partial charge < -0.3 is 49.7 Å². The fourth-order valence-electron chi connectivity index (χ4n) is 9.72. The Balaban J connectivity index is 1.06. The van der Waals surface area contributed by atoms with E-state index >= 15 is 0 Å². The van der Waals surface area contributed by atoms with Crippen molar-refractivity contribution in [2.75, 3.05) is 27.4 Å². The van der Waals surface area contributed by atoms with Crippen molar-refractivity contribution in [3.05, 3.63) is 65.9 Å². The molecule has 0 saturated carbocycles. The second-order valence-corrected chi connectivity index (χ2v) is 17.6. The summed E-state index contributed by atoms with van der Waals surface area (Å²) in [6.07, 6.45) is 3.46. The molecule has 16 heteroatoms. The molecule has 63 heavy (non-hydrogen) atoms. The fourth-order valence-corrected chi connectivity index (χ4v) is 9.72.